The highest BCUT2D eigenvalue weighted by Gasteiger charge is 2.55. The molecule has 1 fully saturated rings. The SMILES string of the molecule is CCOc1ccccc1NC(=O)CN1N=N[C@@H]2C(=O)N(c3ccc(Cl)cc3)C(=O)[C@@H]21. The molecule has 2 aliphatic heterocycles. The molecule has 2 aliphatic rings. The van der Waals surface area contributed by atoms with E-state index in [1.54, 1.807) is 48.5 Å². The summed E-state index contributed by atoms with van der Waals surface area (Å²) in [6.07, 6.45) is 0. The van der Waals surface area contributed by atoms with Crippen LogP contribution < -0.4 is 15.0 Å². The van der Waals surface area contributed by atoms with Crippen LogP contribution >= 0.6 is 11.6 Å². The van der Waals surface area contributed by atoms with Crippen LogP contribution in [0.25, 0.3) is 0 Å². The molecule has 10 heteroatoms. The minimum absolute atomic E-state index is 0.237. The Labute approximate surface area is 177 Å². The fraction of sp³-hybridized carbons (Fsp3) is 0.250. The van der Waals surface area contributed by atoms with E-state index < -0.39 is 29.8 Å². The lowest BCUT2D eigenvalue weighted by Crippen LogP contribution is -2.43. The van der Waals surface area contributed by atoms with E-state index in [-0.39, 0.29) is 6.54 Å². The number of amides is 3. The molecule has 0 unspecified atom stereocenters. The van der Waals surface area contributed by atoms with E-state index >= 15 is 0 Å². The molecule has 0 aliphatic carbocycles. The van der Waals surface area contributed by atoms with Crippen molar-refractivity contribution < 1.29 is 19.1 Å². The molecule has 30 heavy (non-hydrogen) atoms. The Kier molecular flexibility index (Phi) is 5.37. The third kappa shape index (κ3) is 3.59. The minimum Gasteiger partial charge on any atom is -0.492 e. The Balaban J connectivity index is 1.48. The summed E-state index contributed by atoms with van der Waals surface area (Å²) in [6.45, 7) is 2.06. The molecular weight excluding hydrogens is 410 g/mol. The molecular formula is C20H18ClN5O4. The molecule has 1 saturated heterocycles. The molecule has 2 atom stereocenters. The Morgan fingerprint density at radius 3 is 2.60 bits per heavy atom. The highest BCUT2D eigenvalue weighted by Crippen LogP contribution is 2.32. The lowest BCUT2D eigenvalue weighted by molar-refractivity contribution is -0.123. The first-order chi connectivity index (χ1) is 14.5. The molecule has 154 valence electrons. The number of para-hydroxylation sites is 2. The van der Waals surface area contributed by atoms with Crippen LogP contribution in [-0.4, -0.2) is 48.0 Å². The topological polar surface area (TPSA) is 104 Å². The van der Waals surface area contributed by atoms with Gasteiger partial charge < -0.3 is 10.1 Å². The summed E-state index contributed by atoms with van der Waals surface area (Å²) in [5, 5.41) is 12.3. The van der Waals surface area contributed by atoms with Crippen LogP contribution in [0.2, 0.25) is 5.02 Å². The van der Waals surface area contributed by atoms with Crippen molar-refractivity contribution in [3.63, 3.8) is 0 Å². The maximum atomic E-state index is 12.9. The first kappa shape index (κ1) is 19.8. The molecule has 3 amide bonds. The Morgan fingerprint density at radius 2 is 1.87 bits per heavy atom. The number of fused-ring (bicyclic) bond motifs is 1. The maximum absolute atomic E-state index is 12.9. The Bertz CT molecular complexity index is 1030. The molecule has 1 N–H and O–H groups in total. The quantitative estimate of drug-likeness (QED) is 0.714. The number of carbonyl (C=O) groups excluding carboxylic acids is 3. The number of nitrogens with zero attached hydrogens (tertiary/aromatic N) is 4. The summed E-state index contributed by atoms with van der Waals surface area (Å²) in [7, 11) is 0. The molecule has 9 nitrogen and oxygen atoms in total. The summed E-state index contributed by atoms with van der Waals surface area (Å²) < 4.78 is 5.49. The highest BCUT2D eigenvalue weighted by molar-refractivity contribution is 6.31. The lowest BCUT2D eigenvalue weighted by atomic mass is 10.1. The van der Waals surface area contributed by atoms with Crippen LogP contribution in [0.4, 0.5) is 11.4 Å². The van der Waals surface area contributed by atoms with Gasteiger partial charge in [-0.3, -0.25) is 19.4 Å². The molecule has 0 radical (unpaired) electrons. The molecule has 0 bridgehead atoms. The van der Waals surface area contributed by atoms with Crippen LogP contribution in [0.1, 0.15) is 6.92 Å². The largest absolute Gasteiger partial charge is 0.492 e. The predicted octanol–water partition coefficient (Wildman–Crippen LogP) is 2.67. The zero-order chi connectivity index (χ0) is 21.3. The molecule has 0 spiro atoms. The number of anilines is 2. The molecule has 2 heterocycles. The fourth-order valence-corrected chi connectivity index (χ4v) is 3.51. The number of halogens is 1. The first-order valence-electron chi connectivity index (χ1n) is 9.32. The number of ether oxygens (including phenoxy) is 1. The minimum atomic E-state index is -0.975. The van der Waals surface area contributed by atoms with Crippen molar-refractivity contribution in [2.45, 2.75) is 19.0 Å². The first-order valence-corrected chi connectivity index (χ1v) is 9.70. The van der Waals surface area contributed by atoms with Gasteiger partial charge in [-0.25, -0.2) is 4.90 Å². The zero-order valence-corrected chi connectivity index (χ0v) is 16.7. The maximum Gasteiger partial charge on any atom is 0.263 e. The Hall–Kier alpha value is -3.46. The molecule has 4 rings (SSSR count). The monoisotopic (exact) mass is 427 g/mol. The second-order valence-corrected chi connectivity index (χ2v) is 7.09. The van der Waals surface area contributed by atoms with E-state index in [9.17, 15) is 14.4 Å². The van der Waals surface area contributed by atoms with Gasteiger partial charge in [0, 0.05) is 5.02 Å². The predicted molar refractivity (Wildman–Crippen MR) is 109 cm³/mol. The third-order valence-corrected chi connectivity index (χ3v) is 4.96. The molecule has 0 aromatic heterocycles. The van der Waals surface area contributed by atoms with Crippen LogP contribution in [0.15, 0.2) is 58.9 Å². The van der Waals surface area contributed by atoms with E-state index in [0.29, 0.717) is 28.8 Å². The van der Waals surface area contributed by atoms with E-state index in [4.69, 9.17) is 16.3 Å². The van der Waals surface area contributed by atoms with Crippen LogP contribution in [0, 0.1) is 0 Å². The van der Waals surface area contributed by atoms with Gasteiger partial charge in [0.2, 0.25) is 5.91 Å². The smallest absolute Gasteiger partial charge is 0.263 e. The molecule has 0 saturated carbocycles. The van der Waals surface area contributed by atoms with E-state index in [2.05, 4.69) is 15.7 Å². The van der Waals surface area contributed by atoms with Gasteiger partial charge in [0.15, 0.2) is 12.1 Å². The second kappa shape index (κ2) is 8.11. The summed E-state index contributed by atoms with van der Waals surface area (Å²) in [4.78, 5) is 39.2. The van der Waals surface area contributed by atoms with Gasteiger partial charge in [0.1, 0.15) is 12.3 Å². The van der Waals surface area contributed by atoms with Crippen molar-refractivity contribution in [3.8, 4) is 5.75 Å². The average Bonchev–Trinajstić information content (AvgIpc) is 3.24. The van der Waals surface area contributed by atoms with Crippen molar-refractivity contribution in [3.05, 3.63) is 53.6 Å². The lowest BCUT2D eigenvalue weighted by Gasteiger charge is -2.20. The molecule has 2 aromatic rings. The van der Waals surface area contributed by atoms with Crippen LogP contribution in [0.5, 0.6) is 5.75 Å². The van der Waals surface area contributed by atoms with Crippen molar-refractivity contribution in [2.24, 2.45) is 10.3 Å². The number of nitrogens with one attached hydrogen (secondary N) is 1. The van der Waals surface area contributed by atoms with Crippen molar-refractivity contribution in [2.75, 3.05) is 23.4 Å². The number of imide groups is 1. The number of hydrogen-bond acceptors (Lipinski definition) is 7. The summed E-state index contributed by atoms with van der Waals surface area (Å²) >= 11 is 5.88. The highest BCUT2D eigenvalue weighted by atomic mass is 35.5. The van der Waals surface area contributed by atoms with Crippen molar-refractivity contribution >= 4 is 40.7 Å². The van der Waals surface area contributed by atoms with Crippen molar-refractivity contribution in [1.29, 1.82) is 0 Å². The van der Waals surface area contributed by atoms with Gasteiger partial charge in [-0.1, -0.05) is 29.0 Å². The average molecular weight is 428 g/mol. The van der Waals surface area contributed by atoms with Gasteiger partial charge in [0.05, 0.1) is 18.0 Å². The summed E-state index contributed by atoms with van der Waals surface area (Å²) in [5.41, 5.74) is 0.905. The summed E-state index contributed by atoms with van der Waals surface area (Å²) in [6, 6.07) is 11.4. The van der Waals surface area contributed by atoms with Gasteiger partial charge in [-0.2, -0.15) is 5.11 Å². The number of carbonyl (C=O) groups is 3. The Morgan fingerprint density at radius 1 is 1.13 bits per heavy atom. The number of hydrogen-bond donors (Lipinski definition) is 1. The van der Waals surface area contributed by atoms with Crippen LogP contribution in [-0.2, 0) is 14.4 Å². The summed E-state index contributed by atoms with van der Waals surface area (Å²) in [5.74, 6) is -0.845. The van der Waals surface area contributed by atoms with Gasteiger partial charge in [0.25, 0.3) is 11.8 Å². The zero-order valence-electron chi connectivity index (χ0n) is 16.0. The number of rotatable bonds is 6. The van der Waals surface area contributed by atoms with Gasteiger partial charge in [-0.15, -0.1) is 0 Å². The fourth-order valence-electron chi connectivity index (χ4n) is 3.39. The van der Waals surface area contributed by atoms with Crippen molar-refractivity contribution in [1.82, 2.24) is 5.01 Å². The van der Waals surface area contributed by atoms with Gasteiger partial charge >= 0.3 is 0 Å². The standard InChI is InChI=1S/C20H18ClN5O4/c1-2-30-15-6-4-3-5-14(15)22-16(27)11-25-18-17(23-24-25)19(28)26(20(18)29)13-9-7-12(21)8-10-13/h3-10,17-18H,2,11H2,1H3,(H,22,27)/t17-,18+/m0/s1. The third-order valence-electron chi connectivity index (χ3n) is 4.71. The molecule has 2 aromatic carbocycles. The van der Waals surface area contributed by atoms with Gasteiger partial charge in [-0.05, 0) is 43.3 Å². The van der Waals surface area contributed by atoms with Crippen LogP contribution in [0.3, 0.4) is 0 Å². The van der Waals surface area contributed by atoms with E-state index in [1.807, 2.05) is 6.92 Å². The number of benzene rings is 2. The second-order valence-electron chi connectivity index (χ2n) is 6.66. The van der Waals surface area contributed by atoms with E-state index in [1.165, 1.54) is 5.01 Å². The normalized spacial score (nSPS) is 19.9. The van der Waals surface area contributed by atoms with E-state index in [0.717, 1.165) is 4.90 Å².